The lowest BCUT2D eigenvalue weighted by atomic mass is 10.2. The Hall–Kier alpha value is -2.54. The molecule has 0 aliphatic heterocycles. The smallest absolute Gasteiger partial charge is 0.276 e. The topological polar surface area (TPSA) is 76.7 Å². The lowest BCUT2D eigenvalue weighted by molar-refractivity contribution is -0.123. The van der Waals surface area contributed by atoms with Crippen LogP contribution in [0.1, 0.15) is 22.8 Å². The fourth-order valence-corrected chi connectivity index (χ4v) is 2.59. The third-order valence-corrected chi connectivity index (χ3v) is 4.03. The Kier molecular flexibility index (Phi) is 6.82. The molecule has 0 heterocycles. The molecule has 0 saturated heterocycles. The highest BCUT2D eigenvalue weighted by Gasteiger charge is 2.10. The van der Waals surface area contributed by atoms with Gasteiger partial charge in [0, 0.05) is 5.56 Å². The molecule has 0 aliphatic carbocycles. The number of methoxy groups -OCH3 is 1. The van der Waals surface area contributed by atoms with Gasteiger partial charge in [-0.15, -0.1) is 0 Å². The molecule has 0 bridgehead atoms. The summed E-state index contributed by atoms with van der Waals surface area (Å²) in [6.45, 7) is 1.85. The van der Waals surface area contributed by atoms with Crippen molar-refractivity contribution >= 4 is 27.7 Å². The van der Waals surface area contributed by atoms with Crippen LogP contribution in [0.2, 0.25) is 0 Å². The average Bonchev–Trinajstić information content (AvgIpc) is 2.64. The maximum Gasteiger partial charge on any atom is 0.276 e. The van der Waals surface area contributed by atoms with Crippen molar-refractivity contribution in [3.05, 3.63) is 58.1 Å². The monoisotopic (exact) mass is 406 g/mol. The Bertz CT molecular complexity index is 764. The van der Waals surface area contributed by atoms with Crippen molar-refractivity contribution in [3.63, 3.8) is 0 Å². The van der Waals surface area contributed by atoms with Gasteiger partial charge in [0.05, 0.1) is 11.6 Å². The van der Waals surface area contributed by atoms with E-state index in [-0.39, 0.29) is 6.61 Å². The maximum atomic E-state index is 12.0. The molecule has 2 rings (SSSR count). The summed E-state index contributed by atoms with van der Waals surface area (Å²) < 4.78 is 11.2. The molecule has 0 saturated carbocycles. The Balaban J connectivity index is 1.82. The molecule has 25 heavy (non-hydrogen) atoms. The van der Waals surface area contributed by atoms with Crippen LogP contribution >= 0.6 is 15.9 Å². The van der Waals surface area contributed by atoms with Crippen LogP contribution in [-0.2, 0) is 11.2 Å². The minimum Gasteiger partial charge on any atom is -0.496 e. The van der Waals surface area contributed by atoms with E-state index in [0.717, 1.165) is 12.0 Å². The van der Waals surface area contributed by atoms with E-state index < -0.39 is 11.8 Å². The molecule has 7 heteroatoms. The Labute approximate surface area is 154 Å². The second-order valence-corrected chi connectivity index (χ2v) is 6.00. The average molecular weight is 407 g/mol. The van der Waals surface area contributed by atoms with E-state index in [1.165, 1.54) is 7.11 Å². The fourth-order valence-electron chi connectivity index (χ4n) is 2.05. The number of halogens is 1. The Morgan fingerprint density at radius 3 is 2.60 bits per heavy atom. The second kappa shape index (κ2) is 9.08. The number of carbonyl (C=O) groups excluding carboxylic acids is 2. The van der Waals surface area contributed by atoms with Crippen molar-refractivity contribution in [1.82, 2.24) is 10.9 Å². The second-order valence-electron chi connectivity index (χ2n) is 5.14. The zero-order valence-corrected chi connectivity index (χ0v) is 15.6. The molecule has 2 amide bonds. The molecule has 132 valence electrons. The van der Waals surface area contributed by atoms with Crippen LogP contribution in [0.4, 0.5) is 0 Å². The van der Waals surface area contributed by atoms with E-state index in [9.17, 15) is 9.59 Å². The number of benzene rings is 2. The first-order valence-electron chi connectivity index (χ1n) is 7.68. The van der Waals surface area contributed by atoms with Gasteiger partial charge in [-0.05, 0) is 58.2 Å². The predicted molar refractivity (Wildman–Crippen MR) is 97.6 cm³/mol. The van der Waals surface area contributed by atoms with E-state index in [1.54, 1.807) is 24.3 Å². The van der Waals surface area contributed by atoms with Gasteiger partial charge in [0.25, 0.3) is 11.8 Å². The third-order valence-electron chi connectivity index (χ3n) is 3.41. The number of aryl methyl sites for hydroxylation is 1. The van der Waals surface area contributed by atoms with Gasteiger partial charge in [0.2, 0.25) is 0 Å². The minimum absolute atomic E-state index is 0.195. The summed E-state index contributed by atoms with van der Waals surface area (Å²) in [7, 11) is 1.54. The first kappa shape index (κ1) is 18.8. The number of hydrogen-bond acceptors (Lipinski definition) is 4. The molecule has 0 aliphatic rings. The van der Waals surface area contributed by atoms with Gasteiger partial charge in [-0.2, -0.15) is 0 Å². The van der Waals surface area contributed by atoms with E-state index in [1.807, 2.05) is 25.1 Å². The first-order chi connectivity index (χ1) is 12.0. The van der Waals surface area contributed by atoms with Crippen LogP contribution in [0, 0.1) is 0 Å². The van der Waals surface area contributed by atoms with Crippen molar-refractivity contribution in [2.24, 2.45) is 0 Å². The highest BCUT2D eigenvalue weighted by molar-refractivity contribution is 9.10. The third kappa shape index (κ3) is 5.49. The van der Waals surface area contributed by atoms with Crippen LogP contribution in [0.25, 0.3) is 0 Å². The highest BCUT2D eigenvalue weighted by Crippen LogP contribution is 2.25. The quantitative estimate of drug-likeness (QED) is 0.723. The zero-order valence-electron chi connectivity index (χ0n) is 14.0. The highest BCUT2D eigenvalue weighted by atomic mass is 79.9. The van der Waals surface area contributed by atoms with Gasteiger partial charge < -0.3 is 9.47 Å². The van der Waals surface area contributed by atoms with Crippen molar-refractivity contribution < 1.29 is 19.1 Å². The first-order valence-corrected chi connectivity index (χ1v) is 8.47. The van der Waals surface area contributed by atoms with Gasteiger partial charge in [0.1, 0.15) is 11.5 Å². The van der Waals surface area contributed by atoms with E-state index >= 15 is 0 Å². The summed E-state index contributed by atoms with van der Waals surface area (Å²) in [6.07, 6.45) is 0.886. The van der Waals surface area contributed by atoms with Crippen molar-refractivity contribution in [1.29, 1.82) is 0 Å². The number of ether oxygens (including phenoxy) is 2. The van der Waals surface area contributed by atoms with Crippen molar-refractivity contribution in [2.45, 2.75) is 13.3 Å². The van der Waals surface area contributed by atoms with Gasteiger partial charge in [-0.25, -0.2) is 0 Å². The predicted octanol–water partition coefficient (Wildman–Crippen LogP) is 2.86. The van der Waals surface area contributed by atoms with E-state index in [0.29, 0.717) is 21.5 Å². The molecule has 0 radical (unpaired) electrons. The summed E-state index contributed by atoms with van der Waals surface area (Å²) in [4.78, 5) is 23.8. The van der Waals surface area contributed by atoms with Crippen LogP contribution in [0.15, 0.2) is 46.9 Å². The molecule has 0 unspecified atom stereocenters. The zero-order chi connectivity index (χ0) is 18.2. The van der Waals surface area contributed by atoms with Gasteiger partial charge in [0.15, 0.2) is 6.61 Å². The molecular formula is C18H19BrN2O4. The molecule has 2 aromatic carbocycles. The van der Waals surface area contributed by atoms with Crippen LogP contribution < -0.4 is 20.3 Å². The van der Waals surface area contributed by atoms with Crippen molar-refractivity contribution in [2.75, 3.05) is 13.7 Å². The molecule has 0 spiro atoms. The number of hydrazine groups is 1. The van der Waals surface area contributed by atoms with Gasteiger partial charge >= 0.3 is 0 Å². The summed E-state index contributed by atoms with van der Waals surface area (Å²) in [5, 5.41) is 0. The Morgan fingerprint density at radius 1 is 1.12 bits per heavy atom. The minimum atomic E-state index is -0.456. The molecular weight excluding hydrogens is 388 g/mol. The van der Waals surface area contributed by atoms with E-state index in [4.69, 9.17) is 9.47 Å². The van der Waals surface area contributed by atoms with E-state index in [2.05, 4.69) is 26.8 Å². The SMILES string of the molecule is CCc1cccc(OCC(=O)NNC(=O)c2ccc(OC)c(Br)c2)c1. The molecule has 0 atom stereocenters. The standard InChI is InChI=1S/C18H19BrN2O4/c1-3-12-5-4-6-14(9-12)25-11-17(22)20-21-18(23)13-7-8-16(24-2)15(19)10-13/h4-10H,3,11H2,1-2H3,(H,20,22)(H,21,23). The summed E-state index contributed by atoms with van der Waals surface area (Å²) in [5.74, 6) is 0.329. The number of hydrogen-bond donors (Lipinski definition) is 2. The summed E-state index contributed by atoms with van der Waals surface area (Å²) in [5.41, 5.74) is 6.16. The largest absolute Gasteiger partial charge is 0.496 e. The van der Waals surface area contributed by atoms with Crippen LogP contribution in [0.3, 0.4) is 0 Å². The van der Waals surface area contributed by atoms with Crippen molar-refractivity contribution in [3.8, 4) is 11.5 Å². The lowest BCUT2D eigenvalue weighted by Gasteiger charge is -2.10. The fraction of sp³-hybridized carbons (Fsp3) is 0.222. The maximum absolute atomic E-state index is 12.0. The molecule has 2 aromatic rings. The summed E-state index contributed by atoms with van der Waals surface area (Å²) in [6, 6.07) is 12.4. The van der Waals surface area contributed by atoms with Gasteiger partial charge in [-0.3, -0.25) is 20.4 Å². The molecule has 0 aromatic heterocycles. The van der Waals surface area contributed by atoms with Gasteiger partial charge in [-0.1, -0.05) is 19.1 Å². The molecule has 2 N–H and O–H groups in total. The van der Waals surface area contributed by atoms with Crippen LogP contribution in [0.5, 0.6) is 11.5 Å². The molecule has 6 nitrogen and oxygen atoms in total. The normalized spacial score (nSPS) is 10.0. The summed E-state index contributed by atoms with van der Waals surface area (Å²) >= 11 is 3.31. The lowest BCUT2D eigenvalue weighted by Crippen LogP contribution is -2.43. The number of carbonyl (C=O) groups is 2. The number of nitrogens with one attached hydrogen (secondary N) is 2. The molecule has 0 fully saturated rings. The number of amides is 2. The van der Waals surface area contributed by atoms with Crippen LogP contribution in [-0.4, -0.2) is 25.5 Å². The Morgan fingerprint density at radius 2 is 1.92 bits per heavy atom. The number of rotatable bonds is 6.